The first-order chi connectivity index (χ1) is 22.1. The van der Waals surface area contributed by atoms with Crippen LogP contribution in [-0.4, -0.2) is 90.1 Å². The van der Waals surface area contributed by atoms with Gasteiger partial charge in [-0.15, -0.1) is 0 Å². The molecule has 15 heteroatoms. The van der Waals surface area contributed by atoms with E-state index in [1.807, 2.05) is 0 Å². The molecule has 0 saturated carbocycles. The zero-order valence-corrected chi connectivity index (χ0v) is 26.5. The Kier molecular flexibility index (Phi) is 10.5. The molecule has 0 radical (unpaired) electrons. The minimum absolute atomic E-state index is 0.00188. The van der Waals surface area contributed by atoms with Gasteiger partial charge in [-0.2, -0.15) is 13.2 Å². The van der Waals surface area contributed by atoms with Gasteiger partial charge in [0.15, 0.2) is 0 Å². The van der Waals surface area contributed by atoms with Gasteiger partial charge < -0.3 is 34.9 Å². The van der Waals surface area contributed by atoms with Crippen molar-refractivity contribution in [1.82, 2.24) is 25.1 Å². The van der Waals surface area contributed by atoms with Gasteiger partial charge >= 0.3 is 12.3 Å². The maximum absolute atomic E-state index is 15.2. The number of ether oxygens (including phenoxy) is 2. The van der Waals surface area contributed by atoms with Crippen LogP contribution in [0.5, 0.6) is 5.75 Å². The van der Waals surface area contributed by atoms with Crippen molar-refractivity contribution in [2.45, 2.75) is 57.7 Å². The topological polar surface area (TPSA) is 127 Å². The lowest BCUT2D eigenvalue weighted by Gasteiger charge is -2.35. The number of nitrogens with zero attached hydrogens (tertiary/aromatic N) is 3. The quantitative estimate of drug-likeness (QED) is 0.252. The summed E-state index contributed by atoms with van der Waals surface area (Å²) in [4.78, 5) is 43.0. The van der Waals surface area contributed by atoms with Crippen LogP contribution in [0.25, 0.3) is 11.0 Å². The molecule has 1 aromatic heterocycles. The van der Waals surface area contributed by atoms with Crippen molar-refractivity contribution < 1.29 is 41.4 Å². The van der Waals surface area contributed by atoms with Crippen LogP contribution in [0.2, 0.25) is 0 Å². The number of carbonyl (C=O) groups is 3. The van der Waals surface area contributed by atoms with Crippen LogP contribution in [0, 0.1) is 11.8 Å². The van der Waals surface area contributed by atoms with Crippen LogP contribution >= 0.6 is 0 Å². The van der Waals surface area contributed by atoms with Crippen molar-refractivity contribution in [1.29, 1.82) is 0 Å². The first-order valence-electron chi connectivity index (χ1n) is 14.7. The van der Waals surface area contributed by atoms with Crippen LogP contribution in [0.1, 0.15) is 53.5 Å². The van der Waals surface area contributed by atoms with Gasteiger partial charge in [0.05, 0.1) is 49.3 Å². The van der Waals surface area contributed by atoms with Gasteiger partial charge in [-0.25, -0.2) is 14.2 Å². The van der Waals surface area contributed by atoms with E-state index >= 15 is 4.39 Å². The molecule has 3 amide bonds. The van der Waals surface area contributed by atoms with Crippen molar-refractivity contribution in [2.24, 2.45) is 0 Å². The lowest BCUT2D eigenvalue weighted by molar-refractivity contribution is -0.140. The number of benzene rings is 2. The van der Waals surface area contributed by atoms with Gasteiger partial charge in [0.1, 0.15) is 29.6 Å². The van der Waals surface area contributed by atoms with Crippen molar-refractivity contribution in [3.63, 3.8) is 0 Å². The second kappa shape index (κ2) is 14.2. The van der Waals surface area contributed by atoms with Crippen LogP contribution in [0.4, 0.5) is 28.0 Å². The van der Waals surface area contributed by atoms with Gasteiger partial charge in [0.25, 0.3) is 11.8 Å². The smallest absolute Gasteiger partial charge is 0.410 e. The molecular formula is C32H36F4N6O5. The lowest BCUT2D eigenvalue weighted by Crippen LogP contribution is -2.54. The first-order valence-corrected chi connectivity index (χ1v) is 14.7. The maximum atomic E-state index is 15.2. The minimum atomic E-state index is -4.56. The Morgan fingerprint density at radius 2 is 1.85 bits per heavy atom. The number of amides is 3. The zero-order valence-electron chi connectivity index (χ0n) is 26.5. The fourth-order valence-electron chi connectivity index (χ4n) is 4.94. The number of fused-ring (bicyclic) bond motifs is 1. The molecule has 47 heavy (non-hydrogen) atoms. The molecule has 0 spiro atoms. The third-order valence-electron chi connectivity index (χ3n) is 7.12. The van der Waals surface area contributed by atoms with E-state index in [0.717, 1.165) is 10.9 Å². The Balaban J connectivity index is 1.55. The highest BCUT2D eigenvalue weighted by Crippen LogP contribution is 2.27. The molecule has 1 saturated heterocycles. The van der Waals surface area contributed by atoms with Crippen LogP contribution in [0.15, 0.2) is 36.7 Å². The number of likely N-dealkylation sites (tertiary alicyclic amines) is 1. The molecule has 0 aliphatic carbocycles. The van der Waals surface area contributed by atoms with E-state index in [4.69, 9.17) is 9.47 Å². The number of piperidine rings is 1. The van der Waals surface area contributed by atoms with E-state index in [2.05, 4.69) is 32.8 Å². The molecule has 2 heterocycles. The van der Waals surface area contributed by atoms with E-state index < -0.39 is 42.5 Å². The number of anilines is 1. The molecule has 2 atom stereocenters. The molecule has 1 aliphatic heterocycles. The summed E-state index contributed by atoms with van der Waals surface area (Å²) >= 11 is 0. The molecule has 2 aromatic carbocycles. The second-order valence-electron chi connectivity index (χ2n) is 11.8. The molecule has 0 unspecified atom stereocenters. The molecule has 3 N–H and O–H groups in total. The van der Waals surface area contributed by atoms with Crippen molar-refractivity contribution in [3.8, 4) is 17.6 Å². The van der Waals surface area contributed by atoms with Crippen molar-refractivity contribution in [2.75, 3.05) is 39.1 Å². The van der Waals surface area contributed by atoms with E-state index in [9.17, 15) is 27.6 Å². The maximum Gasteiger partial charge on any atom is 0.410 e. The Bertz CT molecular complexity index is 1710. The molecule has 0 bridgehead atoms. The van der Waals surface area contributed by atoms with E-state index in [1.54, 1.807) is 39.0 Å². The Labute approximate surface area is 269 Å². The molecule has 1 fully saturated rings. The predicted molar refractivity (Wildman–Crippen MR) is 166 cm³/mol. The van der Waals surface area contributed by atoms with Gasteiger partial charge in [0, 0.05) is 24.7 Å². The number of methoxy groups -OCH3 is 1. The molecule has 4 rings (SSSR count). The zero-order chi connectivity index (χ0) is 34.5. The van der Waals surface area contributed by atoms with Crippen molar-refractivity contribution in [3.05, 3.63) is 53.3 Å². The number of aromatic nitrogens is 2. The average molecular weight is 661 g/mol. The molecule has 252 valence electrons. The Morgan fingerprint density at radius 1 is 1.11 bits per heavy atom. The fourth-order valence-corrected chi connectivity index (χ4v) is 4.94. The summed E-state index contributed by atoms with van der Waals surface area (Å²) in [5.74, 6) is 5.09. The fraction of sp³-hybridized carbons (Fsp3) is 0.438. The molecule has 11 nitrogen and oxygen atoms in total. The van der Waals surface area contributed by atoms with Gasteiger partial charge in [0.2, 0.25) is 0 Å². The highest BCUT2D eigenvalue weighted by atomic mass is 19.4. The van der Waals surface area contributed by atoms with Gasteiger partial charge in [-0.1, -0.05) is 11.8 Å². The lowest BCUT2D eigenvalue weighted by atomic mass is 10.0. The second-order valence-corrected chi connectivity index (χ2v) is 11.8. The van der Waals surface area contributed by atoms with Gasteiger partial charge in [-0.3, -0.25) is 9.59 Å². The number of nitrogens with one attached hydrogen (secondary N) is 3. The highest BCUT2D eigenvalue weighted by molar-refractivity contribution is 6.05. The summed E-state index contributed by atoms with van der Waals surface area (Å²) < 4.78 is 66.7. The molecule has 1 aliphatic rings. The summed E-state index contributed by atoms with van der Waals surface area (Å²) in [7, 11) is 2.95. The van der Waals surface area contributed by atoms with E-state index in [1.165, 1.54) is 31.2 Å². The largest absolute Gasteiger partial charge is 0.495 e. The van der Waals surface area contributed by atoms with E-state index in [-0.39, 0.29) is 54.1 Å². The number of rotatable bonds is 7. The standard InChI is InChI=1S/C32H36F4N6O5/c1-31(2,3)47-30(45)41-12-10-23(22(33)16-41)40-29(44)21-13-19(14-25-27(21)39-18-42(25)17-32(34,35)36)7-6-11-38-24-9-8-20(28(43)37-4)15-26(24)46-5/h8-9,13-15,18,22-23,38H,10-12,16-17H2,1-5H3,(H,37,43)(H,40,44)/t22-,23-/m0/s1. The number of hydrogen-bond acceptors (Lipinski definition) is 7. The normalized spacial score (nSPS) is 16.6. The first kappa shape index (κ1) is 34.9. The number of hydrogen-bond donors (Lipinski definition) is 3. The SMILES string of the molecule is CNC(=O)c1ccc(NCC#Cc2cc(C(=O)N[C@H]3CCN(C(=O)OC(C)(C)C)C[C@@H]3F)c3ncn(CC(F)(F)F)c3c2)c(OC)c1. The van der Waals surface area contributed by atoms with Crippen LogP contribution in [-0.2, 0) is 11.3 Å². The monoisotopic (exact) mass is 660 g/mol. The summed E-state index contributed by atoms with van der Waals surface area (Å²) in [5, 5.41) is 8.21. The number of halogens is 4. The summed E-state index contributed by atoms with van der Waals surface area (Å²) in [5.41, 5.74) is 0.356. The number of imidazole rings is 1. The average Bonchev–Trinajstić information content (AvgIpc) is 3.39. The third-order valence-corrected chi connectivity index (χ3v) is 7.12. The third kappa shape index (κ3) is 9.05. The van der Waals surface area contributed by atoms with Crippen LogP contribution in [0.3, 0.4) is 0 Å². The van der Waals surface area contributed by atoms with Crippen LogP contribution < -0.4 is 20.7 Å². The molecule has 3 aromatic rings. The number of carbonyl (C=O) groups excluding carboxylic acids is 3. The number of alkyl halides is 4. The minimum Gasteiger partial charge on any atom is -0.495 e. The summed E-state index contributed by atoms with van der Waals surface area (Å²) in [6, 6.07) is 6.62. The van der Waals surface area contributed by atoms with Crippen molar-refractivity contribution >= 4 is 34.6 Å². The van der Waals surface area contributed by atoms with E-state index in [0.29, 0.717) is 17.0 Å². The Morgan fingerprint density at radius 3 is 2.49 bits per heavy atom. The highest BCUT2D eigenvalue weighted by Gasteiger charge is 2.35. The molecular weight excluding hydrogens is 624 g/mol. The van der Waals surface area contributed by atoms with Gasteiger partial charge in [-0.05, 0) is 57.5 Å². The Hall–Kier alpha value is -5.00. The summed E-state index contributed by atoms with van der Waals surface area (Å²) in [6.45, 7) is 3.66. The summed E-state index contributed by atoms with van der Waals surface area (Å²) in [6.07, 6.45) is -5.76. The predicted octanol–water partition coefficient (Wildman–Crippen LogP) is 4.51.